The van der Waals surface area contributed by atoms with Crippen molar-refractivity contribution in [1.82, 2.24) is 15.5 Å². The van der Waals surface area contributed by atoms with Crippen LogP contribution in [0.25, 0.3) is 11.1 Å². The number of hydrogen-bond acceptors (Lipinski definition) is 5. The first-order valence-corrected chi connectivity index (χ1v) is 9.04. The number of carbonyl (C=O) groups excluding carboxylic acids is 1. The van der Waals surface area contributed by atoms with Gasteiger partial charge in [0.1, 0.15) is 5.75 Å². The molecule has 1 aromatic heterocycles. The van der Waals surface area contributed by atoms with Crippen LogP contribution in [0.1, 0.15) is 31.5 Å². The van der Waals surface area contributed by atoms with Crippen molar-refractivity contribution in [2.45, 2.75) is 13.5 Å². The molecule has 0 saturated heterocycles. The number of halogens is 1. The van der Waals surface area contributed by atoms with Crippen LogP contribution in [0.2, 0.25) is 0 Å². The van der Waals surface area contributed by atoms with Crippen molar-refractivity contribution in [3.63, 3.8) is 0 Å². The van der Waals surface area contributed by atoms with Gasteiger partial charge in [0.25, 0.3) is 5.91 Å². The molecular formula is C19H16ClN3O2S. The fourth-order valence-corrected chi connectivity index (χ4v) is 3.15. The number of nitrogens with one attached hydrogen (secondary N) is 1. The van der Waals surface area contributed by atoms with Gasteiger partial charge in [-0.1, -0.05) is 64.9 Å². The van der Waals surface area contributed by atoms with Crippen molar-refractivity contribution in [1.29, 1.82) is 0 Å². The van der Waals surface area contributed by atoms with E-state index in [-0.39, 0.29) is 16.7 Å². The van der Waals surface area contributed by atoms with E-state index in [1.165, 1.54) is 5.56 Å². The van der Waals surface area contributed by atoms with Crippen molar-refractivity contribution in [2.24, 2.45) is 0 Å². The maximum Gasteiger partial charge on any atom is 0.282 e. The Kier molecular flexibility index (Phi) is 5.65. The molecule has 26 heavy (non-hydrogen) atoms. The van der Waals surface area contributed by atoms with Gasteiger partial charge in [0.05, 0.1) is 5.03 Å². The summed E-state index contributed by atoms with van der Waals surface area (Å²) >= 11 is 7.37. The topological polar surface area (TPSA) is 75.1 Å². The van der Waals surface area contributed by atoms with Crippen molar-refractivity contribution in [3.8, 4) is 5.75 Å². The zero-order valence-electron chi connectivity index (χ0n) is 13.9. The first kappa shape index (κ1) is 18.1. The lowest BCUT2D eigenvalue weighted by molar-refractivity contribution is 0.0950. The Morgan fingerprint density at radius 1 is 1.19 bits per heavy atom. The Bertz CT molecular complexity index is 951. The number of nitrogens with zero attached hydrogens (tertiary/aromatic N) is 2. The van der Waals surface area contributed by atoms with Gasteiger partial charge in [0, 0.05) is 6.54 Å². The summed E-state index contributed by atoms with van der Waals surface area (Å²) in [7, 11) is 0. The fourth-order valence-electron chi connectivity index (χ4n) is 2.20. The molecule has 132 valence electrons. The van der Waals surface area contributed by atoms with Crippen LogP contribution >= 0.6 is 22.9 Å². The molecule has 0 atom stereocenters. The number of benzene rings is 2. The van der Waals surface area contributed by atoms with E-state index in [9.17, 15) is 9.90 Å². The summed E-state index contributed by atoms with van der Waals surface area (Å²) in [5.74, 6) is -0.146. The van der Waals surface area contributed by atoms with E-state index in [1.807, 2.05) is 31.2 Å². The molecule has 0 aliphatic carbocycles. The van der Waals surface area contributed by atoms with Crippen LogP contribution in [-0.4, -0.2) is 21.2 Å². The molecular weight excluding hydrogens is 370 g/mol. The number of rotatable bonds is 5. The summed E-state index contributed by atoms with van der Waals surface area (Å²) < 4.78 is 0. The number of aromatic hydroxyl groups is 1. The number of hydrogen-bond donors (Lipinski definition) is 2. The Balaban J connectivity index is 1.66. The van der Waals surface area contributed by atoms with E-state index in [4.69, 9.17) is 11.6 Å². The van der Waals surface area contributed by atoms with E-state index in [1.54, 1.807) is 30.3 Å². The molecule has 1 heterocycles. The quantitative estimate of drug-likeness (QED) is 0.689. The van der Waals surface area contributed by atoms with Crippen LogP contribution in [-0.2, 0) is 6.54 Å². The minimum atomic E-state index is -0.295. The molecule has 0 radical (unpaired) electrons. The van der Waals surface area contributed by atoms with Crippen molar-refractivity contribution < 1.29 is 9.90 Å². The summed E-state index contributed by atoms with van der Waals surface area (Å²) in [5.41, 5.74) is 2.91. The highest BCUT2D eigenvalue weighted by molar-refractivity contribution is 7.15. The van der Waals surface area contributed by atoms with E-state index in [0.29, 0.717) is 16.6 Å². The lowest BCUT2D eigenvalue weighted by Crippen LogP contribution is -2.22. The molecule has 7 heteroatoms. The molecule has 1 amide bonds. The summed E-state index contributed by atoms with van der Waals surface area (Å²) in [6, 6.07) is 14.6. The fraction of sp³-hybridized carbons (Fsp3) is 0.105. The third kappa shape index (κ3) is 4.68. The summed E-state index contributed by atoms with van der Waals surface area (Å²) in [6.45, 7) is 2.43. The van der Waals surface area contributed by atoms with Crippen LogP contribution in [0.15, 0.2) is 48.5 Å². The van der Waals surface area contributed by atoms with Gasteiger partial charge < -0.3 is 10.4 Å². The Morgan fingerprint density at radius 2 is 1.92 bits per heavy atom. The summed E-state index contributed by atoms with van der Waals surface area (Å²) in [6.07, 6.45) is 1.66. The van der Waals surface area contributed by atoms with Gasteiger partial charge in [-0.3, -0.25) is 4.79 Å². The number of aryl methyl sites for hydroxylation is 1. The normalized spacial score (nSPS) is 11.4. The first-order valence-electron chi connectivity index (χ1n) is 7.85. The molecule has 0 aliphatic heterocycles. The van der Waals surface area contributed by atoms with Gasteiger partial charge in [-0.2, -0.15) is 0 Å². The van der Waals surface area contributed by atoms with Crippen LogP contribution in [0, 0.1) is 6.92 Å². The molecule has 2 N–H and O–H groups in total. The lowest BCUT2D eigenvalue weighted by atomic mass is 10.1. The third-order valence-electron chi connectivity index (χ3n) is 3.56. The van der Waals surface area contributed by atoms with E-state index in [2.05, 4.69) is 15.5 Å². The maximum absolute atomic E-state index is 12.2. The van der Waals surface area contributed by atoms with Crippen LogP contribution in [0.4, 0.5) is 0 Å². The number of aromatic nitrogens is 2. The van der Waals surface area contributed by atoms with Crippen LogP contribution in [0.5, 0.6) is 5.75 Å². The Labute approximate surface area is 160 Å². The predicted molar refractivity (Wildman–Crippen MR) is 104 cm³/mol. The van der Waals surface area contributed by atoms with Crippen molar-refractivity contribution >= 4 is 40.0 Å². The van der Waals surface area contributed by atoms with Crippen molar-refractivity contribution in [3.05, 3.63) is 75.2 Å². The molecule has 0 fully saturated rings. The number of phenols is 1. The first-order chi connectivity index (χ1) is 12.5. The Morgan fingerprint density at radius 3 is 2.65 bits per heavy atom. The van der Waals surface area contributed by atoms with Gasteiger partial charge in [0.2, 0.25) is 5.01 Å². The Hall–Kier alpha value is -2.70. The maximum atomic E-state index is 12.2. The SMILES string of the molecule is Cc1ccc(CNC(=O)c2nnc(/C(Cl)=C/c3cccc(O)c3)s2)cc1. The van der Waals surface area contributed by atoms with Gasteiger partial charge >= 0.3 is 0 Å². The van der Waals surface area contributed by atoms with Gasteiger partial charge in [-0.15, -0.1) is 10.2 Å². The second-order valence-electron chi connectivity index (χ2n) is 5.67. The van der Waals surface area contributed by atoms with E-state index < -0.39 is 0 Å². The average molecular weight is 386 g/mol. The zero-order chi connectivity index (χ0) is 18.5. The molecule has 0 bridgehead atoms. The highest BCUT2D eigenvalue weighted by atomic mass is 35.5. The molecule has 0 saturated carbocycles. The highest BCUT2D eigenvalue weighted by Crippen LogP contribution is 2.26. The number of phenolic OH excluding ortho intramolecular Hbond substituents is 1. The second-order valence-corrected chi connectivity index (χ2v) is 7.05. The monoisotopic (exact) mass is 385 g/mol. The number of amides is 1. The van der Waals surface area contributed by atoms with E-state index >= 15 is 0 Å². The predicted octanol–water partition coefficient (Wildman–Crippen LogP) is 4.22. The van der Waals surface area contributed by atoms with Gasteiger partial charge in [0.15, 0.2) is 5.01 Å². The molecule has 3 rings (SSSR count). The zero-order valence-corrected chi connectivity index (χ0v) is 15.5. The minimum absolute atomic E-state index is 0.150. The van der Waals surface area contributed by atoms with Crippen LogP contribution < -0.4 is 5.32 Å². The molecule has 0 aliphatic rings. The molecule has 0 unspecified atom stereocenters. The smallest absolute Gasteiger partial charge is 0.282 e. The standard InChI is InChI=1S/C19H16ClN3O2S/c1-12-5-7-13(8-6-12)11-21-17(25)19-23-22-18(26-19)16(20)10-14-3-2-4-15(24)9-14/h2-10,24H,11H2,1H3,(H,21,25)/b16-10-. The second kappa shape index (κ2) is 8.12. The largest absolute Gasteiger partial charge is 0.508 e. The minimum Gasteiger partial charge on any atom is -0.508 e. The highest BCUT2D eigenvalue weighted by Gasteiger charge is 2.14. The molecule has 0 spiro atoms. The van der Waals surface area contributed by atoms with Crippen molar-refractivity contribution in [2.75, 3.05) is 0 Å². The molecule has 5 nitrogen and oxygen atoms in total. The summed E-state index contributed by atoms with van der Waals surface area (Å²) in [4.78, 5) is 12.2. The van der Waals surface area contributed by atoms with Gasteiger partial charge in [-0.05, 0) is 36.3 Å². The summed E-state index contributed by atoms with van der Waals surface area (Å²) in [5, 5.41) is 21.2. The lowest BCUT2D eigenvalue weighted by Gasteiger charge is -2.03. The average Bonchev–Trinajstić information content (AvgIpc) is 3.11. The number of carbonyl (C=O) groups is 1. The third-order valence-corrected chi connectivity index (χ3v) is 4.92. The van der Waals surface area contributed by atoms with E-state index in [0.717, 1.165) is 22.5 Å². The van der Waals surface area contributed by atoms with Crippen LogP contribution in [0.3, 0.4) is 0 Å². The molecule has 2 aromatic carbocycles. The molecule has 3 aromatic rings. The van der Waals surface area contributed by atoms with Gasteiger partial charge in [-0.25, -0.2) is 0 Å².